The zero-order valence-electron chi connectivity index (χ0n) is 18.2. The first-order chi connectivity index (χ1) is 15.2. The van der Waals surface area contributed by atoms with E-state index < -0.39 is 22.5 Å². The Morgan fingerprint density at radius 2 is 1.81 bits per heavy atom. The van der Waals surface area contributed by atoms with Crippen molar-refractivity contribution in [2.45, 2.75) is 39.2 Å². The predicted octanol–water partition coefficient (Wildman–Crippen LogP) is 3.96. The van der Waals surface area contributed by atoms with E-state index >= 15 is 0 Å². The van der Waals surface area contributed by atoms with Gasteiger partial charge in [-0.15, -0.1) is 0 Å². The average Bonchev–Trinajstić information content (AvgIpc) is 2.79. The molecule has 1 fully saturated rings. The summed E-state index contributed by atoms with van der Waals surface area (Å²) in [6, 6.07) is 8.57. The fourth-order valence-electron chi connectivity index (χ4n) is 3.78. The van der Waals surface area contributed by atoms with Crippen molar-refractivity contribution in [3.8, 4) is 0 Å². The van der Waals surface area contributed by atoms with Gasteiger partial charge in [-0.05, 0) is 62.9 Å². The summed E-state index contributed by atoms with van der Waals surface area (Å²) < 4.78 is 4.61. The number of carbonyl (C=O) groups excluding carboxylic acids is 3. The number of likely N-dealkylation sites (tertiary alicyclic amines) is 1. The van der Waals surface area contributed by atoms with Crippen LogP contribution in [-0.4, -0.2) is 47.3 Å². The van der Waals surface area contributed by atoms with Crippen LogP contribution in [0.15, 0.2) is 36.4 Å². The first kappa shape index (κ1) is 22.9. The number of methoxy groups -OCH3 is 1. The maximum absolute atomic E-state index is 12.9. The van der Waals surface area contributed by atoms with E-state index in [1.165, 1.54) is 6.07 Å². The summed E-state index contributed by atoms with van der Waals surface area (Å²) in [6.07, 6.45) is 3.08. The number of hydrogen-bond donors (Lipinski definition) is 1. The van der Waals surface area contributed by atoms with E-state index in [1.54, 1.807) is 25.1 Å². The second kappa shape index (κ2) is 9.59. The molecule has 1 heterocycles. The summed E-state index contributed by atoms with van der Waals surface area (Å²) in [6.45, 7) is 4.53. The topological polar surface area (TPSA) is 119 Å². The minimum atomic E-state index is -0.784. The number of esters is 1. The molecule has 0 spiro atoms. The number of ether oxygens (including phenoxy) is 1. The van der Waals surface area contributed by atoms with Crippen LogP contribution in [0.2, 0.25) is 0 Å². The van der Waals surface area contributed by atoms with Gasteiger partial charge in [0, 0.05) is 41.5 Å². The van der Waals surface area contributed by atoms with Crippen LogP contribution < -0.4 is 5.32 Å². The number of anilines is 1. The number of nitro benzene ring substituents is 1. The van der Waals surface area contributed by atoms with Gasteiger partial charge in [-0.3, -0.25) is 19.7 Å². The highest BCUT2D eigenvalue weighted by molar-refractivity contribution is 6.07. The summed E-state index contributed by atoms with van der Waals surface area (Å²) in [7, 11) is 1.15. The molecule has 1 atom stereocenters. The molecule has 168 valence electrons. The van der Waals surface area contributed by atoms with E-state index in [4.69, 9.17) is 0 Å². The Labute approximate surface area is 185 Å². The van der Waals surface area contributed by atoms with E-state index in [0.29, 0.717) is 16.8 Å². The molecule has 1 N–H and O–H groups in total. The number of nitrogens with one attached hydrogen (secondary N) is 1. The molecule has 0 radical (unpaired) electrons. The summed E-state index contributed by atoms with van der Waals surface area (Å²) in [5.74, 6) is -1.45. The maximum atomic E-state index is 12.9. The number of nitrogens with zero attached hydrogens (tertiary/aromatic N) is 2. The van der Waals surface area contributed by atoms with Gasteiger partial charge in [0.05, 0.1) is 17.6 Å². The van der Waals surface area contributed by atoms with Crippen molar-refractivity contribution < 1.29 is 24.0 Å². The fraction of sp³-hybridized carbons (Fsp3) is 0.348. The van der Waals surface area contributed by atoms with E-state index in [1.807, 2.05) is 11.8 Å². The molecule has 1 aliphatic rings. The summed E-state index contributed by atoms with van der Waals surface area (Å²) in [5.41, 5.74) is 1.13. The second-order valence-corrected chi connectivity index (χ2v) is 7.84. The molecular formula is C23H25N3O6. The molecule has 1 unspecified atom stereocenters. The SMILES string of the molecule is COC(=O)c1cc(C(=O)Nc2ccc(C(=O)N3CCCCC3C)cc2C)cc([N+](=O)[O-])c1. The smallest absolute Gasteiger partial charge is 0.338 e. The van der Waals surface area contributed by atoms with E-state index in [-0.39, 0.29) is 23.1 Å². The lowest BCUT2D eigenvalue weighted by atomic mass is 10.0. The molecular weight excluding hydrogens is 414 g/mol. The van der Waals surface area contributed by atoms with Gasteiger partial charge in [0.15, 0.2) is 0 Å². The molecule has 3 rings (SSSR count). The zero-order valence-corrected chi connectivity index (χ0v) is 18.2. The summed E-state index contributed by atoms with van der Waals surface area (Å²) in [5, 5.41) is 13.9. The van der Waals surface area contributed by atoms with E-state index in [2.05, 4.69) is 10.1 Å². The number of carbonyl (C=O) groups is 3. The molecule has 0 bridgehead atoms. The molecule has 1 aliphatic heterocycles. The van der Waals surface area contributed by atoms with Crippen LogP contribution in [0.25, 0.3) is 0 Å². The van der Waals surface area contributed by atoms with Crippen LogP contribution >= 0.6 is 0 Å². The highest BCUT2D eigenvalue weighted by Crippen LogP contribution is 2.24. The normalized spacial score (nSPS) is 15.7. The lowest BCUT2D eigenvalue weighted by Crippen LogP contribution is -2.42. The van der Waals surface area contributed by atoms with Crippen molar-refractivity contribution in [1.82, 2.24) is 4.90 Å². The lowest BCUT2D eigenvalue weighted by molar-refractivity contribution is -0.384. The standard InChI is InChI=1S/C23H25N3O6/c1-14-10-16(22(28)25-9-5-4-6-15(25)2)7-8-20(14)24-21(27)17-11-18(23(29)32-3)13-19(12-17)26(30)31/h7-8,10-13,15H,4-6,9H2,1-3H3,(H,24,27). The molecule has 0 aliphatic carbocycles. The Kier molecular flexibility index (Phi) is 6.87. The summed E-state index contributed by atoms with van der Waals surface area (Å²) in [4.78, 5) is 49.8. The molecule has 0 saturated carbocycles. The number of aryl methyl sites for hydroxylation is 1. The molecule has 2 aromatic rings. The van der Waals surface area contributed by atoms with Crippen LogP contribution in [0.4, 0.5) is 11.4 Å². The van der Waals surface area contributed by atoms with Crippen LogP contribution in [0.5, 0.6) is 0 Å². The first-order valence-corrected chi connectivity index (χ1v) is 10.3. The quantitative estimate of drug-likeness (QED) is 0.428. The van der Waals surface area contributed by atoms with Gasteiger partial charge in [0.1, 0.15) is 0 Å². The highest BCUT2D eigenvalue weighted by Gasteiger charge is 2.25. The lowest BCUT2D eigenvalue weighted by Gasteiger charge is -2.33. The Hall–Kier alpha value is -3.75. The second-order valence-electron chi connectivity index (χ2n) is 7.84. The van der Waals surface area contributed by atoms with Crippen molar-refractivity contribution in [2.75, 3.05) is 19.0 Å². The Balaban J connectivity index is 1.82. The third-order valence-electron chi connectivity index (χ3n) is 5.60. The van der Waals surface area contributed by atoms with Crippen molar-refractivity contribution in [3.63, 3.8) is 0 Å². The molecule has 9 nitrogen and oxygen atoms in total. The zero-order chi connectivity index (χ0) is 23.4. The Bertz CT molecular complexity index is 1080. The van der Waals surface area contributed by atoms with Gasteiger partial charge < -0.3 is 15.0 Å². The molecule has 2 aromatic carbocycles. The van der Waals surface area contributed by atoms with Gasteiger partial charge in [-0.25, -0.2) is 4.79 Å². The number of hydrogen-bond acceptors (Lipinski definition) is 6. The van der Waals surface area contributed by atoms with Gasteiger partial charge >= 0.3 is 5.97 Å². The minimum absolute atomic E-state index is 0.0421. The van der Waals surface area contributed by atoms with Crippen molar-refractivity contribution in [3.05, 3.63) is 68.8 Å². The monoisotopic (exact) mass is 439 g/mol. The third kappa shape index (κ3) is 4.93. The van der Waals surface area contributed by atoms with Crippen molar-refractivity contribution in [2.24, 2.45) is 0 Å². The molecule has 0 aromatic heterocycles. The number of amides is 2. The van der Waals surface area contributed by atoms with Crippen LogP contribution in [0, 0.1) is 17.0 Å². The first-order valence-electron chi connectivity index (χ1n) is 10.3. The van der Waals surface area contributed by atoms with Crippen LogP contribution in [0.1, 0.15) is 62.8 Å². The maximum Gasteiger partial charge on any atom is 0.338 e. The molecule has 1 saturated heterocycles. The van der Waals surface area contributed by atoms with Crippen molar-refractivity contribution in [1.29, 1.82) is 0 Å². The Morgan fingerprint density at radius 3 is 2.44 bits per heavy atom. The number of non-ortho nitro benzene ring substituents is 1. The van der Waals surface area contributed by atoms with Gasteiger partial charge in [0.2, 0.25) is 0 Å². The fourth-order valence-corrected chi connectivity index (χ4v) is 3.78. The largest absolute Gasteiger partial charge is 0.465 e. The van der Waals surface area contributed by atoms with Gasteiger partial charge in [-0.2, -0.15) is 0 Å². The van der Waals surface area contributed by atoms with E-state index in [0.717, 1.165) is 45.0 Å². The number of piperidine rings is 1. The van der Waals surface area contributed by atoms with Crippen molar-refractivity contribution >= 4 is 29.2 Å². The van der Waals surface area contributed by atoms with Gasteiger partial charge in [0.25, 0.3) is 17.5 Å². The molecule has 2 amide bonds. The van der Waals surface area contributed by atoms with E-state index in [9.17, 15) is 24.5 Å². The van der Waals surface area contributed by atoms with Crippen LogP contribution in [0.3, 0.4) is 0 Å². The van der Waals surface area contributed by atoms with Crippen LogP contribution in [-0.2, 0) is 4.74 Å². The predicted molar refractivity (Wildman–Crippen MR) is 118 cm³/mol. The average molecular weight is 439 g/mol. The molecule has 32 heavy (non-hydrogen) atoms. The molecule has 9 heteroatoms. The minimum Gasteiger partial charge on any atom is -0.465 e. The third-order valence-corrected chi connectivity index (χ3v) is 5.60. The Morgan fingerprint density at radius 1 is 1.09 bits per heavy atom. The highest BCUT2D eigenvalue weighted by atomic mass is 16.6. The number of benzene rings is 2. The summed E-state index contributed by atoms with van der Waals surface area (Å²) >= 11 is 0. The van der Waals surface area contributed by atoms with Gasteiger partial charge in [-0.1, -0.05) is 0 Å². The number of rotatable bonds is 5. The number of nitro groups is 1.